The molecule has 2 fully saturated rings. The lowest BCUT2D eigenvalue weighted by Gasteiger charge is -2.48. The van der Waals surface area contributed by atoms with Gasteiger partial charge in [0.25, 0.3) is 0 Å². The van der Waals surface area contributed by atoms with Gasteiger partial charge in [-0.05, 0) is 50.1 Å². The van der Waals surface area contributed by atoms with Crippen molar-refractivity contribution in [3.05, 3.63) is 70.2 Å². The van der Waals surface area contributed by atoms with Crippen LogP contribution in [0.2, 0.25) is 5.02 Å². The van der Waals surface area contributed by atoms with Crippen LogP contribution in [0.15, 0.2) is 42.5 Å². The van der Waals surface area contributed by atoms with Crippen LogP contribution in [-0.2, 0) is 10.4 Å². The van der Waals surface area contributed by atoms with Crippen molar-refractivity contribution in [1.29, 1.82) is 0 Å². The van der Waals surface area contributed by atoms with Crippen LogP contribution in [0.4, 0.5) is 8.78 Å². The Labute approximate surface area is 224 Å². The van der Waals surface area contributed by atoms with Crippen molar-refractivity contribution in [3.63, 3.8) is 0 Å². The molecule has 8 heteroatoms. The van der Waals surface area contributed by atoms with Crippen LogP contribution in [0.1, 0.15) is 51.7 Å². The Morgan fingerprint density at radius 3 is 2.11 bits per heavy atom. The molecule has 198 valence electrons. The number of piperidine rings is 1. The second-order valence-corrected chi connectivity index (χ2v) is 11.8. The molecule has 2 aliphatic heterocycles. The number of aliphatic hydroxyl groups is 1. The van der Waals surface area contributed by atoms with Crippen molar-refractivity contribution < 1.29 is 18.7 Å². The topological polar surface area (TPSA) is 43.8 Å². The number of rotatable bonds is 3. The minimum atomic E-state index is -1.09. The molecule has 2 aromatic rings. The molecule has 0 saturated carbocycles. The first-order chi connectivity index (χ1) is 16.3. The highest BCUT2D eigenvalue weighted by molar-refractivity contribution is 6.30. The molecule has 0 radical (unpaired) electrons. The Balaban J connectivity index is 0.00000361. The van der Waals surface area contributed by atoms with Crippen molar-refractivity contribution in [3.8, 4) is 0 Å². The predicted molar refractivity (Wildman–Crippen MR) is 141 cm³/mol. The molecule has 0 bridgehead atoms. The van der Waals surface area contributed by atoms with E-state index in [4.69, 9.17) is 11.6 Å². The Morgan fingerprint density at radius 2 is 1.58 bits per heavy atom. The van der Waals surface area contributed by atoms with Crippen molar-refractivity contribution in [1.82, 2.24) is 9.80 Å². The van der Waals surface area contributed by atoms with E-state index in [-0.39, 0.29) is 41.6 Å². The first-order valence-corrected chi connectivity index (χ1v) is 12.7. The second kappa shape index (κ2) is 10.6. The molecular weight excluding hydrogens is 505 g/mol. The molecule has 2 heterocycles. The SMILES string of the molecule is C[C@@H]1CN(C(=O)[C@@H]2CN(C(C)(C)C)C[C@H]2c2ccc(F)cc2F)C[C@H](C)[C@]1(O)c1ccc(Cl)cc1.Cl. The molecule has 1 N–H and O–H groups in total. The van der Waals surface area contributed by atoms with Gasteiger partial charge in [-0.1, -0.05) is 43.6 Å². The van der Waals surface area contributed by atoms with Gasteiger partial charge >= 0.3 is 0 Å². The first-order valence-electron chi connectivity index (χ1n) is 12.3. The maximum atomic E-state index is 14.8. The summed E-state index contributed by atoms with van der Waals surface area (Å²) in [6, 6.07) is 10.9. The lowest BCUT2D eigenvalue weighted by atomic mass is 9.70. The van der Waals surface area contributed by atoms with Gasteiger partial charge in [-0.25, -0.2) is 8.78 Å². The third kappa shape index (κ3) is 5.28. The Bertz CT molecular complexity index is 1080. The summed E-state index contributed by atoms with van der Waals surface area (Å²) < 4.78 is 28.4. The third-order valence-electron chi connectivity index (χ3n) is 8.06. The molecular formula is C28H36Cl2F2N2O2. The molecule has 4 nitrogen and oxygen atoms in total. The smallest absolute Gasteiger partial charge is 0.227 e. The Kier molecular flexibility index (Phi) is 8.46. The maximum absolute atomic E-state index is 14.8. The summed E-state index contributed by atoms with van der Waals surface area (Å²) in [6.45, 7) is 12.0. The predicted octanol–water partition coefficient (Wildman–Crippen LogP) is 5.86. The minimum Gasteiger partial charge on any atom is -0.384 e. The summed E-state index contributed by atoms with van der Waals surface area (Å²) in [6.07, 6.45) is 0. The van der Waals surface area contributed by atoms with Crippen LogP contribution in [0, 0.1) is 29.4 Å². The normalized spacial score (nSPS) is 29.2. The van der Waals surface area contributed by atoms with E-state index in [1.807, 2.05) is 30.9 Å². The average Bonchev–Trinajstić information content (AvgIpc) is 3.23. The number of hydrogen-bond acceptors (Lipinski definition) is 3. The van der Waals surface area contributed by atoms with E-state index in [9.17, 15) is 18.7 Å². The van der Waals surface area contributed by atoms with Crippen molar-refractivity contribution in [2.24, 2.45) is 17.8 Å². The molecule has 36 heavy (non-hydrogen) atoms. The Hall–Kier alpha value is -1.73. The fourth-order valence-corrected chi connectivity index (χ4v) is 6.05. The molecule has 2 aromatic carbocycles. The van der Waals surface area contributed by atoms with E-state index in [2.05, 4.69) is 25.7 Å². The number of carbonyl (C=O) groups is 1. The lowest BCUT2D eigenvalue weighted by Crippen LogP contribution is -2.57. The van der Waals surface area contributed by atoms with E-state index in [1.54, 1.807) is 12.1 Å². The van der Waals surface area contributed by atoms with Gasteiger partial charge in [-0.15, -0.1) is 12.4 Å². The Morgan fingerprint density at radius 1 is 1.00 bits per heavy atom. The first kappa shape index (κ1) is 28.8. The number of amides is 1. The standard InChI is InChI=1S/C28H35ClF2N2O2.ClH/c1-17-13-32(14-18(2)28(17,35)19-6-8-20(29)9-7-19)26(34)24-16-33(27(3,4)5)15-23(24)22-11-10-21(30)12-25(22)31;/h6-12,17-18,23-24,35H,13-16H2,1-5H3;1H/t17-,18+,23-,24+,28+;/m0./s1. The highest BCUT2D eigenvalue weighted by atomic mass is 35.5. The van der Waals surface area contributed by atoms with E-state index in [0.717, 1.165) is 11.6 Å². The fraction of sp³-hybridized carbons (Fsp3) is 0.536. The monoisotopic (exact) mass is 540 g/mol. The summed E-state index contributed by atoms with van der Waals surface area (Å²) in [7, 11) is 0. The van der Waals surface area contributed by atoms with E-state index >= 15 is 0 Å². The highest BCUT2D eigenvalue weighted by Crippen LogP contribution is 2.44. The van der Waals surface area contributed by atoms with Crippen LogP contribution in [0.3, 0.4) is 0 Å². The van der Waals surface area contributed by atoms with Gasteiger partial charge < -0.3 is 10.0 Å². The molecule has 0 aliphatic carbocycles. The highest BCUT2D eigenvalue weighted by Gasteiger charge is 2.50. The number of benzene rings is 2. The lowest BCUT2D eigenvalue weighted by molar-refractivity contribution is -0.152. The van der Waals surface area contributed by atoms with E-state index in [0.29, 0.717) is 36.8 Å². The number of likely N-dealkylation sites (tertiary alicyclic amines) is 2. The molecule has 0 unspecified atom stereocenters. The quantitative estimate of drug-likeness (QED) is 0.530. The number of hydrogen-bond donors (Lipinski definition) is 1. The second-order valence-electron chi connectivity index (χ2n) is 11.3. The average molecular weight is 542 g/mol. The molecule has 5 atom stereocenters. The summed E-state index contributed by atoms with van der Waals surface area (Å²) in [5, 5.41) is 12.3. The molecule has 2 aliphatic rings. The summed E-state index contributed by atoms with van der Waals surface area (Å²) in [4.78, 5) is 17.9. The van der Waals surface area contributed by atoms with Crippen LogP contribution < -0.4 is 0 Å². The zero-order chi connectivity index (χ0) is 25.7. The van der Waals surface area contributed by atoms with E-state index < -0.39 is 23.2 Å². The van der Waals surface area contributed by atoms with Crippen LogP contribution in [0.25, 0.3) is 0 Å². The van der Waals surface area contributed by atoms with Gasteiger partial charge in [0, 0.05) is 60.6 Å². The molecule has 2 saturated heterocycles. The van der Waals surface area contributed by atoms with Crippen molar-refractivity contribution in [2.75, 3.05) is 26.2 Å². The van der Waals surface area contributed by atoms with Gasteiger partial charge in [0.05, 0.1) is 11.5 Å². The summed E-state index contributed by atoms with van der Waals surface area (Å²) in [5.74, 6) is -2.52. The molecule has 1 amide bonds. The van der Waals surface area contributed by atoms with Crippen molar-refractivity contribution >= 4 is 29.9 Å². The zero-order valence-electron chi connectivity index (χ0n) is 21.5. The molecule has 0 aromatic heterocycles. The fourth-order valence-electron chi connectivity index (χ4n) is 5.92. The van der Waals surface area contributed by atoms with Gasteiger partial charge in [0.1, 0.15) is 11.6 Å². The number of halogens is 4. The van der Waals surface area contributed by atoms with Gasteiger partial charge in [0.2, 0.25) is 5.91 Å². The van der Waals surface area contributed by atoms with Crippen LogP contribution >= 0.6 is 24.0 Å². The summed E-state index contributed by atoms with van der Waals surface area (Å²) >= 11 is 6.05. The minimum absolute atomic E-state index is 0. The number of carbonyl (C=O) groups excluding carboxylic acids is 1. The number of nitrogens with zero attached hydrogens (tertiary/aromatic N) is 2. The zero-order valence-corrected chi connectivity index (χ0v) is 23.0. The van der Waals surface area contributed by atoms with Crippen molar-refractivity contribution in [2.45, 2.75) is 51.7 Å². The molecule has 4 rings (SSSR count). The van der Waals surface area contributed by atoms with Crippen LogP contribution in [0.5, 0.6) is 0 Å². The van der Waals surface area contributed by atoms with Gasteiger partial charge in [-0.2, -0.15) is 0 Å². The summed E-state index contributed by atoms with van der Waals surface area (Å²) in [5.41, 5.74) is -0.106. The van der Waals surface area contributed by atoms with E-state index in [1.165, 1.54) is 12.1 Å². The largest absolute Gasteiger partial charge is 0.384 e. The van der Waals surface area contributed by atoms with Gasteiger partial charge in [-0.3, -0.25) is 9.69 Å². The van der Waals surface area contributed by atoms with Gasteiger partial charge in [0.15, 0.2) is 0 Å². The maximum Gasteiger partial charge on any atom is 0.227 e. The third-order valence-corrected chi connectivity index (χ3v) is 8.31. The molecule has 0 spiro atoms. The van der Waals surface area contributed by atoms with Crippen LogP contribution in [-0.4, -0.2) is 52.5 Å².